The Balaban J connectivity index is 1.63. The number of nitrogens with one attached hydrogen (secondary N) is 2. The molecule has 2 aromatic rings. The van der Waals surface area contributed by atoms with Gasteiger partial charge in [0.05, 0.1) is 29.5 Å². The molecule has 0 unspecified atom stereocenters. The van der Waals surface area contributed by atoms with Gasteiger partial charge in [-0.05, 0) is 13.0 Å². The Kier molecular flexibility index (Phi) is 5.97. The summed E-state index contributed by atoms with van der Waals surface area (Å²) in [5, 5.41) is 10.0. The molecular formula is C20H21ClF2N6O4. The summed E-state index contributed by atoms with van der Waals surface area (Å²) in [5.74, 6) is -2.83. The van der Waals surface area contributed by atoms with E-state index in [1.54, 1.807) is 6.92 Å². The summed E-state index contributed by atoms with van der Waals surface area (Å²) in [6, 6.07) is 0.591. The second-order valence-electron chi connectivity index (χ2n) is 7.82. The van der Waals surface area contributed by atoms with Crippen molar-refractivity contribution >= 4 is 35.1 Å². The lowest BCUT2D eigenvalue weighted by Gasteiger charge is -2.33. The quantitative estimate of drug-likeness (QED) is 0.636. The van der Waals surface area contributed by atoms with E-state index >= 15 is 0 Å². The molecule has 33 heavy (non-hydrogen) atoms. The molecular weight excluding hydrogens is 462 g/mol. The lowest BCUT2D eigenvalue weighted by molar-refractivity contribution is -0.168. The van der Waals surface area contributed by atoms with Gasteiger partial charge in [0, 0.05) is 38.2 Å². The number of anilines is 1. The fourth-order valence-electron chi connectivity index (χ4n) is 3.91. The number of hydroxylamine groups is 2. The number of hydrogen-bond donors (Lipinski definition) is 2. The van der Waals surface area contributed by atoms with Gasteiger partial charge in [-0.3, -0.25) is 19.1 Å². The number of hydrogen-bond acceptors (Lipinski definition) is 5. The molecule has 13 heteroatoms. The smallest absolute Gasteiger partial charge is 0.322 e. The average Bonchev–Trinajstić information content (AvgIpc) is 3.05. The highest BCUT2D eigenvalue weighted by atomic mass is 35.5. The molecule has 0 saturated carbocycles. The third-order valence-electron chi connectivity index (χ3n) is 5.65. The van der Waals surface area contributed by atoms with Gasteiger partial charge in [-0.15, -0.1) is 0 Å². The summed E-state index contributed by atoms with van der Waals surface area (Å²) in [5.41, 5.74) is 1.08. The minimum absolute atomic E-state index is 0.0119. The number of urea groups is 1. The van der Waals surface area contributed by atoms with E-state index in [2.05, 4.69) is 15.7 Å². The molecule has 2 atom stereocenters. The van der Waals surface area contributed by atoms with Gasteiger partial charge in [-0.2, -0.15) is 5.10 Å². The van der Waals surface area contributed by atoms with Crippen LogP contribution in [0.25, 0.3) is 0 Å². The Bertz CT molecular complexity index is 1160. The number of carbonyl (C=O) groups excluding carboxylic acids is 3. The van der Waals surface area contributed by atoms with Crippen LogP contribution in [-0.2, 0) is 29.1 Å². The number of aromatic nitrogens is 2. The predicted octanol–water partition coefficient (Wildman–Crippen LogP) is 1.93. The van der Waals surface area contributed by atoms with E-state index < -0.39 is 35.6 Å². The summed E-state index contributed by atoms with van der Waals surface area (Å²) in [6.45, 7) is 1.81. The molecule has 0 spiro atoms. The molecule has 2 aliphatic heterocycles. The van der Waals surface area contributed by atoms with Gasteiger partial charge in [0.2, 0.25) is 0 Å². The van der Waals surface area contributed by atoms with Crippen molar-refractivity contribution in [1.82, 2.24) is 25.1 Å². The maximum Gasteiger partial charge on any atom is 0.322 e. The lowest BCUT2D eigenvalue weighted by atomic mass is 9.99. The Hall–Kier alpha value is -3.25. The van der Waals surface area contributed by atoms with Crippen molar-refractivity contribution in [2.24, 2.45) is 0 Å². The van der Waals surface area contributed by atoms with Crippen LogP contribution in [0, 0.1) is 11.6 Å². The van der Waals surface area contributed by atoms with Crippen LogP contribution in [-0.4, -0.2) is 63.8 Å². The maximum absolute atomic E-state index is 14.1. The Labute approximate surface area is 192 Å². The van der Waals surface area contributed by atoms with Crippen molar-refractivity contribution in [1.29, 1.82) is 0 Å². The summed E-state index contributed by atoms with van der Waals surface area (Å²) in [4.78, 5) is 44.9. The second-order valence-corrected chi connectivity index (χ2v) is 8.23. The highest BCUT2D eigenvalue weighted by molar-refractivity contribution is 6.31. The van der Waals surface area contributed by atoms with E-state index in [4.69, 9.17) is 16.4 Å². The number of likely N-dealkylation sites (N-methyl/N-ethyl adjacent to an activating group) is 1. The summed E-state index contributed by atoms with van der Waals surface area (Å²) in [7, 11) is 2.85. The first-order chi connectivity index (χ1) is 15.6. The van der Waals surface area contributed by atoms with Crippen LogP contribution in [0.3, 0.4) is 0 Å². The number of nitrogens with zero attached hydrogens (tertiary/aromatic N) is 4. The zero-order chi connectivity index (χ0) is 24.0. The van der Waals surface area contributed by atoms with E-state index in [0.29, 0.717) is 23.7 Å². The number of carbonyl (C=O) groups is 3. The SMILES string of the molecule is CNC(=O)[C@H]1Cn2nc3c(c2C(=O)N(C)O1)CN(C(=O)Nc1cc(Cl)c(F)cc1F)[C@H](C)C3. The second kappa shape index (κ2) is 8.60. The van der Waals surface area contributed by atoms with Gasteiger partial charge in [-0.1, -0.05) is 11.6 Å². The first-order valence-corrected chi connectivity index (χ1v) is 10.5. The molecule has 176 valence electrons. The third-order valence-corrected chi connectivity index (χ3v) is 5.94. The fraction of sp³-hybridized carbons (Fsp3) is 0.400. The van der Waals surface area contributed by atoms with E-state index in [9.17, 15) is 23.2 Å². The van der Waals surface area contributed by atoms with Crippen molar-refractivity contribution in [3.63, 3.8) is 0 Å². The van der Waals surface area contributed by atoms with Crippen LogP contribution in [0.5, 0.6) is 0 Å². The molecule has 1 aromatic heterocycles. The van der Waals surface area contributed by atoms with E-state index in [1.807, 2.05) is 0 Å². The molecule has 3 heterocycles. The normalized spacial score (nSPS) is 20.1. The standard InChI is InChI=1S/C20H21ClF2N6O4/c1-9-4-14-10(7-28(9)20(32)25-15-5-11(21)12(22)6-13(15)23)17-19(31)27(3)33-16(18(30)24-2)8-29(17)26-14/h5-6,9,16H,4,7-8H2,1-3H3,(H,24,30)(H,25,32)/t9-,16-/m1/s1. The zero-order valence-electron chi connectivity index (χ0n) is 18.0. The van der Waals surface area contributed by atoms with Gasteiger partial charge in [0.15, 0.2) is 6.10 Å². The molecule has 10 nitrogen and oxygen atoms in total. The number of fused-ring (bicyclic) bond motifs is 3. The molecule has 1 aromatic carbocycles. The Morgan fingerprint density at radius 2 is 2.00 bits per heavy atom. The third kappa shape index (κ3) is 4.11. The van der Waals surface area contributed by atoms with Crippen LogP contribution >= 0.6 is 11.6 Å². The molecule has 0 fully saturated rings. The lowest BCUT2D eigenvalue weighted by Crippen LogP contribution is -2.45. The first-order valence-electron chi connectivity index (χ1n) is 10.1. The molecule has 4 rings (SSSR count). The maximum atomic E-state index is 14.1. The zero-order valence-corrected chi connectivity index (χ0v) is 18.7. The molecule has 2 aliphatic rings. The number of halogens is 3. The first kappa shape index (κ1) is 22.9. The number of amides is 4. The van der Waals surface area contributed by atoms with Gasteiger partial charge < -0.3 is 15.5 Å². The minimum atomic E-state index is -0.968. The Morgan fingerprint density at radius 1 is 1.27 bits per heavy atom. The minimum Gasteiger partial charge on any atom is -0.357 e. The van der Waals surface area contributed by atoms with Crippen LogP contribution in [0.2, 0.25) is 5.02 Å². The average molecular weight is 483 g/mol. The topological polar surface area (TPSA) is 109 Å². The summed E-state index contributed by atoms with van der Waals surface area (Å²) >= 11 is 5.71. The van der Waals surface area contributed by atoms with Crippen LogP contribution < -0.4 is 10.6 Å². The summed E-state index contributed by atoms with van der Waals surface area (Å²) in [6.07, 6.45) is -0.632. The van der Waals surface area contributed by atoms with Crippen LogP contribution in [0.4, 0.5) is 19.3 Å². The van der Waals surface area contributed by atoms with Crippen molar-refractivity contribution in [2.75, 3.05) is 19.4 Å². The van der Waals surface area contributed by atoms with Gasteiger partial charge in [0.25, 0.3) is 11.8 Å². The highest BCUT2D eigenvalue weighted by Gasteiger charge is 2.39. The molecule has 0 saturated heterocycles. The van der Waals surface area contributed by atoms with Gasteiger partial charge in [-0.25, -0.2) is 18.6 Å². The monoisotopic (exact) mass is 482 g/mol. The van der Waals surface area contributed by atoms with E-state index in [0.717, 1.165) is 11.1 Å². The van der Waals surface area contributed by atoms with Crippen LogP contribution in [0.1, 0.15) is 28.7 Å². The fourth-order valence-corrected chi connectivity index (χ4v) is 4.08. The van der Waals surface area contributed by atoms with Gasteiger partial charge >= 0.3 is 6.03 Å². The van der Waals surface area contributed by atoms with Crippen molar-refractivity contribution in [2.45, 2.75) is 38.6 Å². The largest absolute Gasteiger partial charge is 0.357 e. The van der Waals surface area contributed by atoms with E-state index in [1.165, 1.54) is 23.7 Å². The van der Waals surface area contributed by atoms with Crippen LogP contribution in [0.15, 0.2) is 12.1 Å². The highest BCUT2D eigenvalue weighted by Crippen LogP contribution is 2.30. The molecule has 0 bridgehead atoms. The Morgan fingerprint density at radius 3 is 2.70 bits per heavy atom. The molecule has 0 radical (unpaired) electrons. The van der Waals surface area contributed by atoms with Crippen molar-refractivity contribution in [3.8, 4) is 0 Å². The molecule has 4 amide bonds. The van der Waals surface area contributed by atoms with Crippen molar-refractivity contribution < 1.29 is 28.0 Å². The van der Waals surface area contributed by atoms with Crippen molar-refractivity contribution in [3.05, 3.63) is 45.7 Å². The predicted molar refractivity (Wildman–Crippen MR) is 112 cm³/mol. The number of benzene rings is 1. The molecule has 2 N–H and O–H groups in total. The van der Waals surface area contributed by atoms with Gasteiger partial charge in [0.1, 0.15) is 17.3 Å². The van der Waals surface area contributed by atoms with E-state index in [-0.39, 0.29) is 35.5 Å². The molecule has 0 aliphatic carbocycles. The number of rotatable bonds is 2. The summed E-state index contributed by atoms with van der Waals surface area (Å²) < 4.78 is 28.9.